The second-order valence-corrected chi connectivity index (χ2v) is 7.49. The number of para-hydroxylation sites is 1. The highest BCUT2D eigenvalue weighted by Gasteiger charge is 2.28. The Morgan fingerprint density at radius 2 is 1.70 bits per heavy atom. The first kappa shape index (κ1) is 18.7. The minimum atomic E-state index is -4.13. The maximum Gasteiger partial charge on any atom is 0.264 e. The van der Waals surface area contributed by atoms with Crippen LogP contribution in [0.25, 0.3) is 0 Å². The Morgan fingerprint density at radius 3 is 2.37 bits per heavy atom. The van der Waals surface area contributed by atoms with Gasteiger partial charge in [-0.15, -0.1) is 0 Å². The largest absolute Gasteiger partial charge is 0.467 e. The van der Waals surface area contributed by atoms with E-state index in [4.69, 9.17) is 4.42 Å². The minimum Gasteiger partial charge on any atom is -0.467 e. The van der Waals surface area contributed by atoms with Crippen molar-refractivity contribution in [1.29, 1.82) is 0 Å². The first-order chi connectivity index (χ1) is 13.0. The minimum absolute atomic E-state index is 0.0351. The standard InChI is InChI=1S/C19H17FN2O4S/c20-17-10-4-5-11-18(17)22(27(24,25)16-8-2-1-3-9-16)14-19(23)21-13-15-7-6-12-26-15/h1-12H,13-14H2,(H,21,23). The Kier molecular flexibility index (Phi) is 5.56. The molecule has 0 bridgehead atoms. The SMILES string of the molecule is O=C(CN(c1ccccc1F)S(=O)(=O)c1ccccc1)NCc1ccco1. The van der Waals surface area contributed by atoms with E-state index in [1.165, 1.54) is 36.6 Å². The van der Waals surface area contributed by atoms with Crippen LogP contribution < -0.4 is 9.62 Å². The molecule has 1 N–H and O–H groups in total. The van der Waals surface area contributed by atoms with Crippen LogP contribution in [0.3, 0.4) is 0 Å². The van der Waals surface area contributed by atoms with Crippen molar-refractivity contribution in [2.24, 2.45) is 0 Å². The molecule has 0 saturated carbocycles. The van der Waals surface area contributed by atoms with Crippen LogP contribution >= 0.6 is 0 Å². The summed E-state index contributed by atoms with van der Waals surface area (Å²) in [5.74, 6) is -0.809. The normalized spacial score (nSPS) is 11.1. The number of nitrogens with zero attached hydrogens (tertiary/aromatic N) is 1. The summed E-state index contributed by atoms with van der Waals surface area (Å²) in [6, 6.07) is 16.3. The lowest BCUT2D eigenvalue weighted by Crippen LogP contribution is -2.41. The molecule has 0 saturated heterocycles. The average molecular weight is 388 g/mol. The molecule has 1 amide bonds. The van der Waals surface area contributed by atoms with Gasteiger partial charge in [0.1, 0.15) is 18.1 Å². The van der Waals surface area contributed by atoms with Gasteiger partial charge in [-0.25, -0.2) is 12.8 Å². The maximum atomic E-state index is 14.3. The first-order valence-electron chi connectivity index (χ1n) is 8.10. The monoisotopic (exact) mass is 388 g/mol. The topological polar surface area (TPSA) is 79.6 Å². The highest BCUT2D eigenvalue weighted by molar-refractivity contribution is 7.92. The molecule has 27 heavy (non-hydrogen) atoms. The summed E-state index contributed by atoms with van der Waals surface area (Å²) in [6.07, 6.45) is 1.47. The van der Waals surface area contributed by atoms with Crippen molar-refractivity contribution >= 4 is 21.6 Å². The quantitative estimate of drug-likeness (QED) is 0.675. The smallest absolute Gasteiger partial charge is 0.264 e. The van der Waals surface area contributed by atoms with Gasteiger partial charge in [0.05, 0.1) is 23.4 Å². The fourth-order valence-corrected chi connectivity index (χ4v) is 3.91. The third-order valence-electron chi connectivity index (χ3n) is 3.78. The van der Waals surface area contributed by atoms with Crippen molar-refractivity contribution in [1.82, 2.24) is 5.32 Å². The van der Waals surface area contributed by atoms with Gasteiger partial charge in [-0.05, 0) is 36.4 Å². The summed E-state index contributed by atoms with van der Waals surface area (Å²) in [7, 11) is -4.13. The van der Waals surface area contributed by atoms with E-state index in [1.807, 2.05) is 0 Å². The molecular formula is C19H17FN2O4S. The summed E-state index contributed by atoms with van der Waals surface area (Å²) in [5, 5.41) is 2.57. The second-order valence-electron chi connectivity index (χ2n) is 5.63. The number of hydrogen-bond acceptors (Lipinski definition) is 4. The zero-order valence-electron chi connectivity index (χ0n) is 14.2. The molecule has 0 unspecified atom stereocenters. The van der Waals surface area contributed by atoms with E-state index in [0.29, 0.717) is 5.76 Å². The van der Waals surface area contributed by atoms with Crippen LogP contribution in [0.15, 0.2) is 82.3 Å². The van der Waals surface area contributed by atoms with Gasteiger partial charge < -0.3 is 9.73 Å². The van der Waals surface area contributed by atoms with Crippen molar-refractivity contribution in [2.45, 2.75) is 11.4 Å². The predicted octanol–water partition coefficient (Wildman–Crippen LogP) is 2.93. The van der Waals surface area contributed by atoms with E-state index < -0.39 is 28.3 Å². The lowest BCUT2D eigenvalue weighted by Gasteiger charge is -2.24. The van der Waals surface area contributed by atoms with Crippen molar-refractivity contribution in [2.75, 3.05) is 10.8 Å². The van der Waals surface area contributed by atoms with Gasteiger partial charge in [-0.1, -0.05) is 30.3 Å². The van der Waals surface area contributed by atoms with Crippen LogP contribution in [0.1, 0.15) is 5.76 Å². The number of amides is 1. The molecule has 6 nitrogen and oxygen atoms in total. The third-order valence-corrected chi connectivity index (χ3v) is 5.55. The highest BCUT2D eigenvalue weighted by atomic mass is 32.2. The number of furan rings is 1. The van der Waals surface area contributed by atoms with Crippen LogP contribution in [-0.4, -0.2) is 20.9 Å². The van der Waals surface area contributed by atoms with E-state index in [-0.39, 0.29) is 17.1 Å². The van der Waals surface area contributed by atoms with Crippen molar-refractivity contribution in [3.63, 3.8) is 0 Å². The van der Waals surface area contributed by atoms with Gasteiger partial charge in [0, 0.05) is 0 Å². The summed E-state index contributed by atoms with van der Waals surface area (Å²) >= 11 is 0. The van der Waals surface area contributed by atoms with Gasteiger partial charge in [0.15, 0.2) is 0 Å². The Bertz CT molecular complexity index is 1010. The van der Waals surface area contributed by atoms with Crippen molar-refractivity contribution < 1.29 is 22.0 Å². The van der Waals surface area contributed by atoms with Crippen LogP contribution in [0.5, 0.6) is 0 Å². The average Bonchev–Trinajstić information content (AvgIpc) is 3.19. The number of sulfonamides is 1. The summed E-state index contributed by atoms with van der Waals surface area (Å²) in [6.45, 7) is -0.471. The molecule has 0 aliphatic heterocycles. The summed E-state index contributed by atoms with van der Waals surface area (Å²) in [4.78, 5) is 12.3. The van der Waals surface area contributed by atoms with E-state index in [1.54, 1.807) is 30.3 Å². The zero-order chi connectivity index (χ0) is 19.3. The summed E-state index contributed by atoms with van der Waals surface area (Å²) < 4.78 is 46.2. The predicted molar refractivity (Wildman–Crippen MR) is 97.9 cm³/mol. The van der Waals surface area contributed by atoms with Crippen molar-refractivity contribution in [3.05, 3.63) is 84.6 Å². The van der Waals surface area contributed by atoms with Crippen molar-refractivity contribution in [3.8, 4) is 0 Å². The molecule has 3 rings (SSSR count). The third kappa shape index (κ3) is 4.35. The number of anilines is 1. The molecule has 0 spiro atoms. The Balaban J connectivity index is 1.89. The molecule has 0 aliphatic rings. The fraction of sp³-hybridized carbons (Fsp3) is 0.105. The number of hydrogen-bond donors (Lipinski definition) is 1. The Labute approximate surface area is 156 Å². The van der Waals surface area contributed by atoms with E-state index in [0.717, 1.165) is 10.4 Å². The molecule has 0 atom stereocenters. The molecule has 140 valence electrons. The highest BCUT2D eigenvalue weighted by Crippen LogP contribution is 2.25. The van der Waals surface area contributed by atoms with E-state index >= 15 is 0 Å². The van der Waals surface area contributed by atoms with Crippen LogP contribution in [0.2, 0.25) is 0 Å². The number of benzene rings is 2. The van der Waals surface area contributed by atoms with Crippen LogP contribution in [0, 0.1) is 5.82 Å². The molecule has 0 radical (unpaired) electrons. The molecular weight excluding hydrogens is 371 g/mol. The number of carbonyl (C=O) groups is 1. The fourth-order valence-electron chi connectivity index (χ4n) is 2.46. The number of halogens is 1. The summed E-state index contributed by atoms with van der Waals surface area (Å²) in [5.41, 5.74) is -0.200. The Morgan fingerprint density at radius 1 is 1.00 bits per heavy atom. The van der Waals surface area contributed by atoms with Gasteiger partial charge in [0.2, 0.25) is 5.91 Å². The van der Waals surface area contributed by atoms with Crippen LogP contribution in [-0.2, 0) is 21.4 Å². The molecule has 1 heterocycles. The molecule has 2 aromatic carbocycles. The number of carbonyl (C=O) groups excluding carboxylic acids is 1. The molecule has 0 aliphatic carbocycles. The molecule has 1 aromatic heterocycles. The lowest BCUT2D eigenvalue weighted by atomic mass is 10.3. The lowest BCUT2D eigenvalue weighted by molar-refractivity contribution is -0.119. The van der Waals surface area contributed by atoms with Gasteiger partial charge in [0.25, 0.3) is 10.0 Å². The number of rotatable bonds is 7. The molecule has 3 aromatic rings. The molecule has 8 heteroatoms. The maximum absolute atomic E-state index is 14.3. The molecule has 0 fully saturated rings. The van der Waals surface area contributed by atoms with Crippen LogP contribution in [0.4, 0.5) is 10.1 Å². The van der Waals surface area contributed by atoms with E-state index in [9.17, 15) is 17.6 Å². The van der Waals surface area contributed by atoms with Gasteiger partial charge >= 0.3 is 0 Å². The second kappa shape index (κ2) is 8.05. The number of nitrogens with one attached hydrogen (secondary N) is 1. The Hall–Kier alpha value is -3.13. The van der Waals surface area contributed by atoms with Gasteiger partial charge in [-0.3, -0.25) is 9.10 Å². The zero-order valence-corrected chi connectivity index (χ0v) is 15.0. The van der Waals surface area contributed by atoms with Gasteiger partial charge in [-0.2, -0.15) is 0 Å². The van der Waals surface area contributed by atoms with E-state index in [2.05, 4.69) is 5.32 Å². The first-order valence-corrected chi connectivity index (χ1v) is 9.54.